The Morgan fingerprint density at radius 3 is 2.67 bits per heavy atom. The summed E-state index contributed by atoms with van der Waals surface area (Å²) in [6, 6.07) is 5.42. The highest BCUT2D eigenvalue weighted by atomic mass is 79.9. The number of ketones is 1. The van der Waals surface area contributed by atoms with Crippen molar-refractivity contribution < 1.29 is 9.59 Å². The molecule has 1 aliphatic rings. The van der Waals surface area contributed by atoms with E-state index >= 15 is 0 Å². The Morgan fingerprint density at radius 2 is 1.94 bits per heavy atom. The number of carbonyl (C=O) groups is 2. The van der Waals surface area contributed by atoms with Crippen molar-refractivity contribution in [2.24, 2.45) is 0 Å². The Bertz CT molecular complexity index is 490. The molecule has 3 nitrogen and oxygen atoms in total. The summed E-state index contributed by atoms with van der Waals surface area (Å²) in [5.74, 6) is -0.216. The summed E-state index contributed by atoms with van der Waals surface area (Å²) in [5, 5.41) is 0. The number of anilines is 1. The zero-order chi connectivity index (χ0) is 13.1. The molecule has 18 heavy (non-hydrogen) atoms. The van der Waals surface area contributed by atoms with Crippen molar-refractivity contribution in [2.45, 2.75) is 19.3 Å². The molecule has 0 radical (unpaired) electrons. The van der Waals surface area contributed by atoms with Crippen LogP contribution in [-0.4, -0.2) is 24.1 Å². The molecule has 0 bridgehead atoms. The Hall–Kier alpha value is -0.870. The second kappa shape index (κ2) is 5.85. The number of benzene rings is 1. The third-order valence-corrected chi connectivity index (χ3v) is 3.89. The van der Waals surface area contributed by atoms with Crippen molar-refractivity contribution in [3.8, 4) is 0 Å². The number of rotatable bonds is 5. The first-order chi connectivity index (χ1) is 8.66. The molecule has 1 aliphatic heterocycles. The monoisotopic (exact) mass is 329 g/mol. The van der Waals surface area contributed by atoms with Crippen molar-refractivity contribution in [1.82, 2.24) is 0 Å². The first kappa shape index (κ1) is 13.6. The lowest BCUT2D eigenvalue weighted by Crippen LogP contribution is -2.30. The van der Waals surface area contributed by atoms with Crippen molar-refractivity contribution in [3.05, 3.63) is 28.2 Å². The quantitative estimate of drug-likeness (QED) is 0.471. The van der Waals surface area contributed by atoms with E-state index in [1.807, 2.05) is 12.1 Å². The van der Waals surface area contributed by atoms with E-state index in [9.17, 15) is 9.59 Å². The van der Waals surface area contributed by atoms with E-state index < -0.39 is 11.7 Å². The van der Waals surface area contributed by atoms with Gasteiger partial charge in [0.1, 0.15) is 0 Å². The van der Waals surface area contributed by atoms with E-state index in [0.29, 0.717) is 28.1 Å². The van der Waals surface area contributed by atoms with E-state index in [0.717, 1.165) is 19.3 Å². The SMILES string of the molecule is O=C1C(=O)N(CCCCCCl)c2cccc(Br)c21. The fourth-order valence-electron chi connectivity index (χ4n) is 2.06. The predicted octanol–water partition coefficient (Wildman–Crippen LogP) is 3.39. The molecule has 0 unspecified atom stereocenters. The van der Waals surface area contributed by atoms with Crippen LogP contribution in [0.25, 0.3) is 0 Å². The third-order valence-electron chi connectivity index (χ3n) is 2.96. The van der Waals surface area contributed by atoms with Gasteiger partial charge >= 0.3 is 0 Å². The number of hydrogen-bond acceptors (Lipinski definition) is 2. The van der Waals surface area contributed by atoms with Gasteiger partial charge in [-0.15, -0.1) is 11.6 Å². The minimum Gasteiger partial charge on any atom is -0.305 e. The Morgan fingerprint density at radius 1 is 1.17 bits per heavy atom. The number of halogens is 2. The number of alkyl halides is 1. The molecule has 1 amide bonds. The minimum absolute atomic E-state index is 0.421. The molecule has 5 heteroatoms. The zero-order valence-corrected chi connectivity index (χ0v) is 12.1. The Labute approximate surface area is 119 Å². The van der Waals surface area contributed by atoms with E-state index in [-0.39, 0.29) is 0 Å². The number of Topliss-reactive ketones (excluding diaryl/α,β-unsaturated/α-hetero) is 1. The number of unbranched alkanes of at least 4 members (excludes halogenated alkanes) is 2. The van der Waals surface area contributed by atoms with Gasteiger partial charge in [-0.3, -0.25) is 9.59 Å². The number of carbonyl (C=O) groups excluding carboxylic acids is 2. The number of fused-ring (bicyclic) bond motifs is 1. The van der Waals surface area contributed by atoms with Gasteiger partial charge in [0.25, 0.3) is 11.7 Å². The fraction of sp³-hybridized carbons (Fsp3) is 0.385. The van der Waals surface area contributed by atoms with E-state index in [4.69, 9.17) is 11.6 Å². The summed E-state index contributed by atoms with van der Waals surface area (Å²) in [4.78, 5) is 25.3. The van der Waals surface area contributed by atoms with Crippen molar-refractivity contribution in [2.75, 3.05) is 17.3 Å². The topological polar surface area (TPSA) is 37.4 Å². The molecule has 0 fully saturated rings. The smallest absolute Gasteiger partial charge is 0.299 e. The van der Waals surface area contributed by atoms with E-state index in [2.05, 4.69) is 15.9 Å². The van der Waals surface area contributed by atoms with Gasteiger partial charge in [0, 0.05) is 16.9 Å². The first-order valence-electron chi connectivity index (χ1n) is 5.87. The van der Waals surface area contributed by atoms with E-state index in [1.54, 1.807) is 11.0 Å². The molecule has 2 rings (SSSR count). The maximum atomic E-state index is 11.9. The minimum atomic E-state index is -0.428. The number of nitrogens with zero attached hydrogens (tertiary/aromatic N) is 1. The second-order valence-corrected chi connectivity index (χ2v) is 5.40. The van der Waals surface area contributed by atoms with Crippen LogP contribution < -0.4 is 4.90 Å². The lowest BCUT2D eigenvalue weighted by molar-refractivity contribution is -0.114. The third kappa shape index (κ3) is 2.45. The van der Waals surface area contributed by atoms with Gasteiger partial charge in [-0.1, -0.05) is 12.5 Å². The molecule has 96 valence electrons. The fourth-order valence-corrected chi connectivity index (χ4v) is 2.79. The standard InChI is InChI=1S/C13H13BrClNO2/c14-9-5-4-6-10-11(9)12(17)13(18)16(10)8-3-1-2-7-15/h4-6H,1-3,7-8H2. The summed E-state index contributed by atoms with van der Waals surface area (Å²) < 4.78 is 0.682. The molecule has 0 saturated carbocycles. The normalized spacial score (nSPS) is 14.2. The average molecular weight is 331 g/mol. The maximum Gasteiger partial charge on any atom is 0.299 e. The van der Waals surface area contributed by atoms with Crippen LogP contribution in [0.15, 0.2) is 22.7 Å². The molecular formula is C13H13BrClNO2. The molecular weight excluding hydrogens is 318 g/mol. The zero-order valence-electron chi connectivity index (χ0n) is 9.79. The Kier molecular flexibility index (Phi) is 4.40. The number of hydrogen-bond donors (Lipinski definition) is 0. The molecule has 0 spiro atoms. The lowest BCUT2D eigenvalue weighted by atomic mass is 10.1. The van der Waals surface area contributed by atoms with Crippen molar-refractivity contribution in [3.63, 3.8) is 0 Å². The van der Waals surface area contributed by atoms with Gasteiger partial charge in [0.05, 0.1) is 11.3 Å². The predicted molar refractivity (Wildman–Crippen MR) is 75.4 cm³/mol. The molecule has 1 aromatic rings. The molecule has 0 aliphatic carbocycles. The highest BCUT2D eigenvalue weighted by Crippen LogP contribution is 2.34. The van der Waals surface area contributed by atoms with Crippen LogP contribution in [0.5, 0.6) is 0 Å². The summed E-state index contributed by atoms with van der Waals surface area (Å²) in [5.41, 5.74) is 1.20. The largest absolute Gasteiger partial charge is 0.305 e. The summed E-state index contributed by atoms with van der Waals surface area (Å²) in [6.07, 6.45) is 2.76. The van der Waals surface area contributed by atoms with Gasteiger partial charge in [0.15, 0.2) is 0 Å². The summed E-state index contributed by atoms with van der Waals surface area (Å²) in [7, 11) is 0. The van der Waals surface area contributed by atoms with Crippen LogP contribution in [0.1, 0.15) is 29.6 Å². The maximum absolute atomic E-state index is 11.9. The average Bonchev–Trinajstić information content (AvgIpc) is 2.60. The van der Waals surface area contributed by atoms with E-state index in [1.165, 1.54) is 0 Å². The van der Waals surface area contributed by atoms with Crippen LogP contribution >= 0.6 is 27.5 Å². The molecule has 0 atom stereocenters. The van der Waals surface area contributed by atoms with Gasteiger partial charge in [0.2, 0.25) is 0 Å². The highest BCUT2D eigenvalue weighted by Gasteiger charge is 2.36. The van der Waals surface area contributed by atoms with Gasteiger partial charge < -0.3 is 4.90 Å². The second-order valence-electron chi connectivity index (χ2n) is 4.17. The van der Waals surface area contributed by atoms with Crippen LogP contribution in [-0.2, 0) is 4.79 Å². The first-order valence-corrected chi connectivity index (χ1v) is 7.20. The van der Waals surface area contributed by atoms with Crippen LogP contribution in [0.2, 0.25) is 0 Å². The van der Waals surface area contributed by atoms with Crippen molar-refractivity contribution in [1.29, 1.82) is 0 Å². The van der Waals surface area contributed by atoms with Crippen molar-refractivity contribution >= 4 is 44.9 Å². The van der Waals surface area contributed by atoms with Gasteiger partial charge in [-0.05, 0) is 40.9 Å². The summed E-state index contributed by atoms with van der Waals surface area (Å²) >= 11 is 8.93. The molecule has 0 saturated heterocycles. The summed E-state index contributed by atoms with van der Waals surface area (Å²) in [6.45, 7) is 0.574. The lowest BCUT2D eigenvalue weighted by Gasteiger charge is -2.16. The van der Waals surface area contributed by atoms with Gasteiger partial charge in [-0.2, -0.15) is 0 Å². The van der Waals surface area contributed by atoms with Crippen LogP contribution in [0.4, 0.5) is 5.69 Å². The van der Waals surface area contributed by atoms with Crippen LogP contribution in [0.3, 0.4) is 0 Å². The molecule has 0 aromatic heterocycles. The molecule has 0 N–H and O–H groups in total. The van der Waals surface area contributed by atoms with Crippen LogP contribution in [0, 0.1) is 0 Å². The molecule has 1 aromatic carbocycles. The Balaban J connectivity index is 2.16. The van der Waals surface area contributed by atoms with Gasteiger partial charge in [-0.25, -0.2) is 0 Å². The number of amides is 1. The molecule has 1 heterocycles. The highest BCUT2D eigenvalue weighted by molar-refractivity contribution is 9.10.